The highest BCUT2D eigenvalue weighted by molar-refractivity contribution is 7.13. The third-order valence-corrected chi connectivity index (χ3v) is 6.97. The van der Waals surface area contributed by atoms with Crippen LogP contribution >= 0.6 is 11.3 Å². The van der Waals surface area contributed by atoms with Gasteiger partial charge in [-0.05, 0) is 50.3 Å². The number of rotatable bonds is 6. The van der Waals surface area contributed by atoms with Crippen LogP contribution in [0.4, 0.5) is 15.2 Å². The molecule has 2 N–H and O–H groups in total. The molecule has 2 fully saturated rings. The number of guanidine groups is 1. The van der Waals surface area contributed by atoms with Crippen LogP contribution in [0.3, 0.4) is 0 Å². The highest BCUT2D eigenvalue weighted by Gasteiger charge is 2.23. The monoisotopic (exact) mass is 444 g/mol. The second-order valence-corrected chi connectivity index (χ2v) is 9.29. The lowest BCUT2D eigenvalue weighted by Crippen LogP contribution is -2.51. The molecule has 1 aromatic heterocycles. The van der Waals surface area contributed by atoms with Crippen molar-refractivity contribution >= 4 is 28.1 Å². The molecule has 31 heavy (non-hydrogen) atoms. The number of hydrogen-bond acceptors (Lipinski definition) is 5. The van der Waals surface area contributed by atoms with E-state index in [1.807, 2.05) is 19.1 Å². The lowest BCUT2D eigenvalue weighted by atomic mass is 10.0. The number of thiazole rings is 1. The molecule has 4 rings (SSSR count). The van der Waals surface area contributed by atoms with Crippen LogP contribution in [0.25, 0.3) is 0 Å². The average molecular weight is 445 g/mol. The van der Waals surface area contributed by atoms with Gasteiger partial charge in [0.1, 0.15) is 5.82 Å². The van der Waals surface area contributed by atoms with E-state index < -0.39 is 0 Å². The highest BCUT2D eigenvalue weighted by Crippen LogP contribution is 2.25. The quantitative estimate of drug-likeness (QED) is 0.527. The average Bonchev–Trinajstić information content (AvgIpc) is 3.47. The third kappa shape index (κ3) is 5.67. The van der Waals surface area contributed by atoms with Gasteiger partial charge in [0.15, 0.2) is 11.1 Å². The van der Waals surface area contributed by atoms with Gasteiger partial charge in [-0.15, -0.1) is 11.3 Å². The van der Waals surface area contributed by atoms with E-state index in [1.165, 1.54) is 12.8 Å². The maximum absolute atomic E-state index is 14.3. The molecule has 168 valence electrons. The van der Waals surface area contributed by atoms with E-state index in [4.69, 9.17) is 4.98 Å². The van der Waals surface area contributed by atoms with Crippen LogP contribution in [0, 0.1) is 12.7 Å². The van der Waals surface area contributed by atoms with Crippen LogP contribution in [0.5, 0.6) is 0 Å². The molecule has 0 aliphatic carbocycles. The first kappa shape index (κ1) is 21.9. The van der Waals surface area contributed by atoms with Crippen molar-refractivity contribution in [2.45, 2.75) is 45.1 Å². The smallest absolute Gasteiger partial charge is 0.191 e. The Morgan fingerprint density at radius 3 is 2.84 bits per heavy atom. The van der Waals surface area contributed by atoms with Crippen molar-refractivity contribution < 1.29 is 4.39 Å². The number of piperidine rings is 1. The Morgan fingerprint density at radius 2 is 2.03 bits per heavy atom. The number of nitrogens with zero attached hydrogens (tertiary/aromatic N) is 4. The summed E-state index contributed by atoms with van der Waals surface area (Å²) in [6.07, 6.45) is 5.49. The number of halogens is 1. The fraction of sp³-hybridized carbons (Fsp3) is 0.565. The summed E-state index contributed by atoms with van der Waals surface area (Å²) in [4.78, 5) is 13.7. The van der Waals surface area contributed by atoms with Crippen LogP contribution in [0.1, 0.15) is 36.9 Å². The highest BCUT2D eigenvalue weighted by atomic mass is 32.1. The summed E-state index contributed by atoms with van der Waals surface area (Å²) in [6, 6.07) is 5.56. The Hall–Kier alpha value is -2.35. The van der Waals surface area contributed by atoms with Gasteiger partial charge in [-0.25, -0.2) is 9.37 Å². The van der Waals surface area contributed by atoms with E-state index in [0.29, 0.717) is 5.69 Å². The van der Waals surface area contributed by atoms with Crippen molar-refractivity contribution in [3.8, 4) is 0 Å². The molecule has 2 aromatic rings. The first-order valence-electron chi connectivity index (χ1n) is 11.3. The van der Waals surface area contributed by atoms with Crippen LogP contribution in [-0.2, 0) is 6.42 Å². The van der Waals surface area contributed by atoms with Gasteiger partial charge in [-0.3, -0.25) is 4.99 Å². The zero-order valence-corrected chi connectivity index (χ0v) is 19.3. The number of aliphatic imine (C=N–C) groups is 1. The normalized spacial score (nSPS) is 19.7. The van der Waals surface area contributed by atoms with Gasteiger partial charge in [-0.2, -0.15) is 0 Å². The van der Waals surface area contributed by atoms with Gasteiger partial charge in [-0.1, -0.05) is 6.07 Å². The topological polar surface area (TPSA) is 55.8 Å². The summed E-state index contributed by atoms with van der Waals surface area (Å²) in [5.41, 5.74) is 2.92. The molecule has 0 radical (unpaired) electrons. The van der Waals surface area contributed by atoms with Gasteiger partial charge in [0.2, 0.25) is 0 Å². The van der Waals surface area contributed by atoms with E-state index in [0.717, 1.165) is 74.3 Å². The summed E-state index contributed by atoms with van der Waals surface area (Å²) in [5, 5.41) is 10.3. The van der Waals surface area contributed by atoms with E-state index in [9.17, 15) is 4.39 Å². The molecule has 6 nitrogen and oxygen atoms in total. The first-order chi connectivity index (χ1) is 15.1. The zero-order valence-electron chi connectivity index (χ0n) is 18.5. The van der Waals surface area contributed by atoms with Gasteiger partial charge < -0.3 is 20.4 Å². The summed E-state index contributed by atoms with van der Waals surface area (Å²) in [6.45, 7) is 6.70. The molecule has 2 saturated heterocycles. The predicted molar refractivity (Wildman–Crippen MR) is 128 cm³/mol. The molecule has 0 spiro atoms. The minimum atomic E-state index is -0.148. The fourth-order valence-electron chi connectivity index (χ4n) is 4.34. The lowest BCUT2D eigenvalue weighted by molar-refractivity contribution is 0.463. The standard InChI is InChI=1S/C23H33FN6S/c1-17-7-8-20(24)21(14-17)30-13-5-6-18(15-30)27-22(25-2)26-10-9-19-16-31-23(28-19)29-11-3-4-12-29/h7-8,14,16,18H,3-6,9-13,15H2,1-2H3,(H2,25,26,27). The molecular formula is C23H33FN6S. The van der Waals surface area contributed by atoms with Crippen LogP contribution < -0.4 is 20.4 Å². The van der Waals surface area contributed by atoms with Crippen molar-refractivity contribution in [1.82, 2.24) is 15.6 Å². The largest absolute Gasteiger partial charge is 0.367 e. The fourth-order valence-corrected chi connectivity index (χ4v) is 5.25. The number of nitrogens with one attached hydrogen (secondary N) is 2. The molecule has 8 heteroatoms. The van der Waals surface area contributed by atoms with Crippen molar-refractivity contribution in [3.63, 3.8) is 0 Å². The van der Waals surface area contributed by atoms with E-state index in [-0.39, 0.29) is 11.9 Å². The maximum atomic E-state index is 14.3. The third-order valence-electron chi connectivity index (χ3n) is 6.02. The Kier molecular flexibility index (Phi) is 7.27. The number of aromatic nitrogens is 1. The molecule has 1 unspecified atom stereocenters. The molecular weight excluding hydrogens is 411 g/mol. The van der Waals surface area contributed by atoms with E-state index >= 15 is 0 Å². The van der Waals surface area contributed by atoms with Crippen LogP contribution in [0.15, 0.2) is 28.6 Å². The maximum Gasteiger partial charge on any atom is 0.191 e. The molecule has 2 aliphatic heterocycles. The Bertz CT molecular complexity index is 892. The summed E-state index contributed by atoms with van der Waals surface area (Å²) < 4.78 is 14.3. The number of anilines is 2. The van der Waals surface area contributed by atoms with Gasteiger partial charge in [0.05, 0.1) is 11.4 Å². The molecule has 0 saturated carbocycles. The molecule has 0 amide bonds. The van der Waals surface area contributed by atoms with E-state index in [2.05, 4.69) is 30.8 Å². The SMILES string of the molecule is CN=C(NCCc1csc(N2CCCC2)n1)NC1CCCN(c2cc(C)ccc2F)C1. The summed E-state index contributed by atoms with van der Waals surface area (Å²) >= 11 is 1.75. The lowest BCUT2D eigenvalue weighted by Gasteiger charge is -2.35. The summed E-state index contributed by atoms with van der Waals surface area (Å²) in [5.74, 6) is 0.650. The Morgan fingerprint density at radius 1 is 1.23 bits per heavy atom. The van der Waals surface area contributed by atoms with Gasteiger partial charge in [0, 0.05) is 57.6 Å². The minimum absolute atomic E-state index is 0.148. The zero-order chi connectivity index (χ0) is 21.6. The molecule has 1 aromatic carbocycles. The number of hydrogen-bond donors (Lipinski definition) is 2. The first-order valence-corrected chi connectivity index (χ1v) is 12.2. The van der Waals surface area contributed by atoms with Gasteiger partial charge >= 0.3 is 0 Å². The van der Waals surface area contributed by atoms with Crippen LogP contribution in [0.2, 0.25) is 0 Å². The van der Waals surface area contributed by atoms with Crippen molar-refractivity contribution in [2.75, 3.05) is 49.6 Å². The van der Waals surface area contributed by atoms with Crippen molar-refractivity contribution in [2.24, 2.45) is 4.99 Å². The summed E-state index contributed by atoms with van der Waals surface area (Å²) in [7, 11) is 1.80. The number of aryl methyl sites for hydroxylation is 1. The molecule has 2 aliphatic rings. The molecule has 3 heterocycles. The second-order valence-electron chi connectivity index (χ2n) is 8.45. The number of benzene rings is 1. The van der Waals surface area contributed by atoms with Gasteiger partial charge in [0.25, 0.3) is 0 Å². The molecule has 0 bridgehead atoms. The van der Waals surface area contributed by atoms with Crippen molar-refractivity contribution in [3.05, 3.63) is 40.7 Å². The Labute approximate surface area is 188 Å². The Balaban J connectivity index is 1.26. The predicted octanol–water partition coefficient (Wildman–Crippen LogP) is 3.57. The van der Waals surface area contributed by atoms with Crippen LogP contribution in [-0.4, -0.2) is 56.8 Å². The van der Waals surface area contributed by atoms with E-state index in [1.54, 1.807) is 24.5 Å². The molecule has 1 atom stereocenters. The second kappa shape index (κ2) is 10.3. The minimum Gasteiger partial charge on any atom is -0.367 e. The van der Waals surface area contributed by atoms with Crippen molar-refractivity contribution in [1.29, 1.82) is 0 Å².